The molecule has 27 heavy (non-hydrogen) atoms. The zero-order valence-electron chi connectivity index (χ0n) is 14.8. The number of thioether (sulfide) groups is 2. The number of aromatic nitrogens is 3. The van der Waals surface area contributed by atoms with E-state index < -0.39 is 0 Å². The first-order valence-corrected chi connectivity index (χ1v) is 10.9. The van der Waals surface area contributed by atoms with E-state index in [1.54, 1.807) is 11.8 Å². The highest BCUT2D eigenvalue weighted by atomic mass is 35.5. The molecule has 0 N–H and O–H groups in total. The van der Waals surface area contributed by atoms with Crippen molar-refractivity contribution < 1.29 is 4.42 Å². The lowest BCUT2D eigenvalue weighted by Gasteiger charge is -2.06. The van der Waals surface area contributed by atoms with Crippen molar-refractivity contribution in [3.05, 3.63) is 64.8 Å². The number of hydrogen-bond donors (Lipinski definition) is 0. The van der Waals surface area contributed by atoms with Gasteiger partial charge in [0.1, 0.15) is 5.15 Å². The molecule has 0 saturated carbocycles. The van der Waals surface area contributed by atoms with E-state index in [1.165, 1.54) is 16.7 Å². The van der Waals surface area contributed by atoms with Crippen LogP contribution in [0.1, 0.15) is 11.1 Å². The molecule has 0 aliphatic heterocycles. The second-order valence-electron chi connectivity index (χ2n) is 5.97. The first-order chi connectivity index (χ1) is 13.1. The number of hydrogen-bond acceptors (Lipinski definition) is 6. The van der Waals surface area contributed by atoms with Crippen LogP contribution in [0.25, 0.3) is 22.4 Å². The predicted octanol–water partition coefficient (Wildman–Crippen LogP) is 6.26. The number of pyridine rings is 1. The van der Waals surface area contributed by atoms with Crippen molar-refractivity contribution in [3.8, 4) is 11.5 Å². The maximum absolute atomic E-state index is 6.39. The van der Waals surface area contributed by atoms with Crippen LogP contribution in [0, 0.1) is 6.92 Å². The van der Waals surface area contributed by atoms with Crippen LogP contribution in [-0.4, -0.2) is 21.4 Å². The molecule has 2 heterocycles. The van der Waals surface area contributed by atoms with Crippen LogP contribution < -0.4 is 0 Å². The Morgan fingerprint density at radius 3 is 2.74 bits per heavy atom. The zero-order chi connectivity index (χ0) is 18.8. The fourth-order valence-electron chi connectivity index (χ4n) is 2.72. The number of rotatable bonds is 5. The van der Waals surface area contributed by atoms with Crippen LogP contribution in [0.4, 0.5) is 0 Å². The second kappa shape index (κ2) is 7.92. The highest BCUT2D eigenvalue weighted by molar-refractivity contribution is 7.98. The van der Waals surface area contributed by atoms with Crippen LogP contribution in [-0.2, 0) is 5.75 Å². The fraction of sp³-hybridized carbons (Fsp3) is 0.150. The number of fused-ring (bicyclic) bond motifs is 1. The van der Waals surface area contributed by atoms with Gasteiger partial charge in [0.05, 0.1) is 5.52 Å². The largest absolute Gasteiger partial charge is 0.411 e. The van der Waals surface area contributed by atoms with Crippen molar-refractivity contribution in [2.75, 3.05) is 6.26 Å². The summed E-state index contributed by atoms with van der Waals surface area (Å²) in [6.45, 7) is 2.02. The molecule has 7 heteroatoms. The van der Waals surface area contributed by atoms with Gasteiger partial charge in [-0.2, -0.15) is 0 Å². The normalized spacial score (nSPS) is 11.2. The monoisotopic (exact) mass is 413 g/mol. The van der Waals surface area contributed by atoms with Gasteiger partial charge in [0, 0.05) is 27.2 Å². The van der Waals surface area contributed by atoms with Crippen LogP contribution in [0.3, 0.4) is 0 Å². The van der Waals surface area contributed by atoms with E-state index >= 15 is 0 Å². The highest BCUT2D eigenvalue weighted by Crippen LogP contribution is 2.31. The Morgan fingerprint density at radius 1 is 1.07 bits per heavy atom. The minimum Gasteiger partial charge on any atom is -0.411 e. The van der Waals surface area contributed by atoms with E-state index in [2.05, 4.69) is 39.4 Å². The number of nitrogens with zero attached hydrogens (tertiary/aromatic N) is 3. The minimum absolute atomic E-state index is 0.506. The summed E-state index contributed by atoms with van der Waals surface area (Å²) in [6.07, 6.45) is 2.05. The van der Waals surface area contributed by atoms with Crippen LogP contribution in [0.5, 0.6) is 0 Å². The number of halogens is 1. The van der Waals surface area contributed by atoms with Crippen molar-refractivity contribution in [2.24, 2.45) is 0 Å². The molecule has 0 aliphatic rings. The molecule has 0 fully saturated rings. The third-order valence-corrected chi connectivity index (χ3v) is 6.10. The van der Waals surface area contributed by atoms with Crippen LogP contribution in [0.2, 0.25) is 5.15 Å². The SMILES string of the molecule is CSc1ccc2cc(CSc3nnc(-c4ccccc4C)o3)c(Cl)nc2c1. The topological polar surface area (TPSA) is 51.8 Å². The third kappa shape index (κ3) is 3.98. The van der Waals surface area contributed by atoms with Gasteiger partial charge in [-0.1, -0.05) is 47.6 Å². The van der Waals surface area contributed by atoms with E-state index in [-0.39, 0.29) is 0 Å². The van der Waals surface area contributed by atoms with Crippen molar-refractivity contribution in [3.63, 3.8) is 0 Å². The Balaban J connectivity index is 1.54. The number of aryl methyl sites for hydroxylation is 1. The maximum atomic E-state index is 6.39. The van der Waals surface area contributed by atoms with Gasteiger partial charge < -0.3 is 4.42 Å². The summed E-state index contributed by atoms with van der Waals surface area (Å²) in [4.78, 5) is 5.70. The predicted molar refractivity (Wildman–Crippen MR) is 113 cm³/mol. The van der Waals surface area contributed by atoms with Gasteiger partial charge in [0.25, 0.3) is 5.22 Å². The molecule has 0 radical (unpaired) electrons. The average Bonchev–Trinajstić information content (AvgIpc) is 3.15. The van der Waals surface area contributed by atoms with Crippen LogP contribution in [0.15, 0.2) is 63.1 Å². The average molecular weight is 414 g/mol. The van der Waals surface area contributed by atoms with Gasteiger partial charge in [-0.25, -0.2) is 4.98 Å². The summed E-state index contributed by atoms with van der Waals surface area (Å²) in [6, 6.07) is 16.2. The Kier molecular flexibility index (Phi) is 5.38. The Morgan fingerprint density at radius 2 is 1.93 bits per heavy atom. The quantitative estimate of drug-likeness (QED) is 0.284. The molecule has 0 bridgehead atoms. The summed E-state index contributed by atoms with van der Waals surface area (Å²) in [7, 11) is 0. The minimum atomic E-state index is 0.506. The highest BCUT2D eigenvalue weighted by Gasteiger charge is 2.13. The third-order valence-electron chi connectivity index (χ3n) is 4.18. The van der Waals surface area contributed by atoms with E-state index in [4.69, 9.17) is 16.0 Å². The molecular weight excluding hydrogens is 398 g/mol. The first kappa shape index (κ1) is 18.3. The molecule has 4 nitrogen and oxygen atoms in total. The zero-order valence-corrected chi connectivity index (χ0v) is 17.2. The molecule has 4 rings (SSSR count). The molecule has 0 saturated heterocycles. The van der Waals surface area contributed by atoms with E-state index in [9.17, 15) is 0 Å². The molecule has 0 unspecified atom stereocenters. The molecule has 136 valence electrons. The molecular formula is C20H16ClN3OS2. The summed E-state index contributed by atoms with van der Waals surface area (Å²) in [5, 5.41) is 10.4. The smallest absolute Gasteiger partial charge is 0.277 e. The van der Waals surface area contributed by atoms with Crippen molar-refractivity contribution >= 4 is 46.0 Å². The van der Waals surface area contributed by atoms with Crippen molar-refractivity contribution in [1.82, 2.24) is 15.2 Å². The van der Waals surface area contributed by atoms with Crippen molar-refractivity contribution in [2.45, 2.75) is 22.8 Å². The van der Waals surface area contributed by atoms with Gasteiger partial charge in [0.2, 0.25) is 5.89 Å². The van der Waals surface area contributed by atoms with Crippen molar-refractivity contribution in [1.29, 1.82) is 0 Å². The molecule has 0 amide bonds. The summed E-state index contributed by atoms with van der Waals surface area (Å²) < 4.78 is 5.80. The maximum Gasteiger partial charge on any atom is 0.277 e. The Labute approximate surface area is 170 Å². The summed E-state index contributed by atoms with van der Waals surface area (Å²) in [5.41, 5.74) is 3.90. The van der Waals surface area contributed by atoms with Gasteiger partial charge in [-0.15, -0.1) is 22.0 Å². The standard InChI is InChI=1S/C20H16ClN3OS2/c1-12-5-3-4-6-16(12)19-23-24-20(25-19)27-11-14-9-13-7-8-15(26-2)10-17(13)22-18(14)21/h3-10H,11H2,1-2H3. The molecule has 0 atom stereocenters. The van der Waals surface area contributed by atoms with Gasteiger partial charge in [0.15, 0.2) is 0 Å². The Hall–Kier alpha value is -2.02. The molecule has 0 aliphatic carbocycles. The molecule has 2 aromatic carbocycles. The fourth-order valence-corrected chi connectivity index (χ4v) is 4.19. The lowest BCUT2D eigenvalue weighted by molar-refractivity contribution is 0.465. The lowest BCUT2D eigenvalue weighted by Crippen LogP contribution is -1.89. The number of benzene rings is 2. The molecule has 0 spiro atoms. The first-order valence-electron chi connectivity index (χ1n) is 8.29. The van der Waals surface area contributed by atoms with E-state index in [0.717, 1.165) is 27.6 Å². The molecule has 2 aromatic heterocycles. The van der Waals surface area contributed by atoms with Gasteiger partial charge in [-0.05, 0) is 43.0 Å². The van der Waals surface area contributed by atoms with Gasteiger partial charge in [-0.3, -0.25) is 0 Å². The van der Waals surface area contributed by atoms with Gasteiger partial charge >= 0.3 is 0 Å². The second-order valence-corrected chi connectivity index (χ2v) is 8.14. The molecule has 4 aromatic rings. The van der Waals surface area contributed by atoms with E-state index in [1.807, 2.05) is 37.4 Å². The summed E-state index contributed by atoms with van der Waals surface area (Å²) >= 11 is 9.53. The Bertz CT molecular complexity index is 1110. The lowest BCUT2D eigenvalue weighted by atomic mass is 10.1. The van der Waals surface area contributed by atoms with Crippen LogP contribution >= 0.6 is 35.1 Å². The van der Waals surface area contributed by atoms with E-state index in [0.29, 0.717) is 22.0 Å². The summed E-state index contributed by atoms with van der Waals surface area (Å²) in [5.74, 6) is 1.14.